The Hall–Kier alpha value is -2.76. The first-order valence-corrected chi connectivity index (χ1v) is 6.37. The largest absolute Gasteiger partial charge is 0.399 e. The predicted molar refractivity (Wildman–Crippen MR) is 76.8 cm³/mol. The van der Waals surface area contributed by atoms with Crippen molar-refractivity contribution in [1.82, 2.24) is 15.1 Å². The Labute approximate surface area is 120 Å². The van der Waals surface area contributed by atoms with Gasteiger partial charge in [0, 0.05) is 11.3 Å². The molecule has 1 aromatic carbocycles. The number of nitrogen functional groups attached to an aromatic ring is 1. The summed E-state index contributed by atoms with van der Waals surface area (Å²) in [5.74, 6) is 0.262. The topological polar surface area (TPSA) is 77.8 Å². The van der Waals surface area contributed by atoms with Gasteiger partial charge in [0.25, 0.3) is 5.89 Å². The minimum Gasteiger partial charge on any atom is -0.399 e. The number of halogens is 1. The smallest absolute Gasteiger partial charge is 0.258 e. The van der Waals surface area contributed by atoms with E-state index >= 15 is 0 Å². The lowest BCUT2D eigenvalue weighted by molar-refractivity contribution is 0.432. The molecule has 0 unspecified atom stereocenters. The highest BCUT2D eigenvalue weighted by Crippen LogP contribution is 2.28. The molecule has 2 aromatic heterocycles. The van der Waals surface area contributed by atoms with Crippen LogP contribution in [-0.4, -0.2) is 15.1 Å². The first-order chi connectivity index (χ1) is 10.0. The number of aryl methyl sites for hydroxylation is 1. The monoisotopic (exact) mass is 284 g/mol. The van der Waals surface area contributed by atoms with Crippen molar-refractivity contribution in [3.05, 3.63) is 47.4 Å². The van der Waals surface area contributed by atoms with Crippen LogP contribution in [0.2, 0.25) is 0 Å². The fourth-order valence-corrected chi connectivity index (χ4v) is 2.05. The highest BCUT2D eigenvalue weighted by molar-refractivity contribution is 5.67. The highest BCUT2D eigenvalue weighted by Gasteiger charge is 2.15. The zero-order valence-electron chi connectivity index (χ0n) is 11.6. The van der Waals surface area contributed by atoms with Crippen LogP contribution in [0.4, 0.5) is 10.1 Å². The Balaban J connectivity index is 2.04. The van der Waals surface area contributed by atoms with E-state index in [4.69, 9.17) is 10.3 Å². The van der Waals surface area contributed by atoms with E-state index < -0.39 is 5.82 Å². The summed E-state index contributed by atoms with van der Waals surface area (Å²) in [6.07, 6.45) is 1.11. The maximum absolute atomic E-state index is 12.9. The molecule has 5 nitrogen and oxygen atoms in total. The highest BCUT2D eigenvalue weighted by atomic mass is 19.1. The van der Waals surface area contributed by atoms with Gasteiger partial charge in [-0.05, 0) is 49.2 Å². The van der Waals surface area contributed by atoms with Gasteiger partial charge in [-0.1, -0.05) is 5.16 Å². The van der Waals surface area contributed by atoms with Crippen molar-refractivity contribution in [2.24, 2.45) is 0 Å². The maximum atomic E-state index is 12.9. The van der Waals surface area contributed by atoms with Crippen molar-refractivity contribution in [2.75, 3.05) is 5.73 Å². The van der Waals surface area contributed by atoms with Gasteiger partial charge in [0.15, 0.2) is 0 Å². The van der Waals surface area contributed by atoms with E-state index in [2.05, 4.69) is 15.1 Å². The average Bonchev–Trinajstić information content (AvgIpc) is 2.93. The fourth-order valence-electron chi connectivity index (χ4n) is 2.05. The number of nitrogens with zero attached hydrogens (tertiary/aromatic N) is 3. The second-order valence-electron chi connectivity index (χ2n) is 4.80. The summed E-state index contributed by atoms with van der Waals surface area (Å²) in [6, 6.07) is 6.48. The molecule has 0 fully saturated rings. The molecule has 0 saturated heterocycles. The Kier molecular flexibility index (Phi) is 3.13. The van der Waals surface area contributed by atoms with E-state index in [0.717, 1.165) is 22.9 Å². The third-order valence-corrected chi connectivity index (χ3v) is 3.30. The Morgan fingerprint density at radius 1 is 1.19 bits per heavy atom. The number of pyridine rings is 1. The van der Waals surface area contributed by atoms with Gasteiger partial charge in [-0.25, -0.2) is 9.37 Å². The first kappa shape index (κ1) is 13.2. The average molecular weight is 284 g/mol. The van der Waals surface area contributed by atoms with Gasteiger partial charge in [0.1, 0.15) is 11.5 Å². The fraction of sp³-hybridized carbons (Fsp3) is 0.133. The van der Waals surface area contributed by atoms with E-state index in [0.29, 0.717) is 23.1 Å². The number of nitrogens with two attached hydrogens (primary N) is 1. The molecule has 0 bridgehead atoms. The lowest BCUT2D eigenvalue weighted by Crippen LogP contribution is -1.93. The molecule has 21 heavy (non-hydrogen) atoms. The van der Waals surface area contributed by atoms with E-state index in [-0.39, 0.29) is 0 Å². The second-order valence-corrected chi connectivity index (χ2v) is 4.80. The number of benzene rings is 1. The van der Waals surface area contributed by atoms with E-state index in [1.165, 1.54) is 12.1 Å². The molecule has 3 rings (SSSR count). The van der Waals surface area contributed by atoms with Gasteiger partial charge in [-0.3, -0.25) is 0 Å². The quantitative estimate of drug-likeness (QED) is 0.731. The van der Waals surface area contributed by atoms with Gasteiger partial charge < -0.3 is 10.3 Å². The summed E-state index contributed by atoms with van der Waals surface area (Å²) in [5.41, 5.74) is 9.79. The minimum absolute atomic E-state index is 0.310. The van der Waals surface area contributed by atoms with Crippen molar-refractivity contribution in [1.29, 1.82) is 0 Å². The molecule has 0 aliphatic rings. The van der Waals surface area contributed by atoms with Gasteiger partial charge in [-0.2, -0.15) is 4.98 Å². The normalized spacial score (nSPS) is 10.8. The van der Waals surface area contributed by atoms with Crippen LogP contribution in [0.1, 0.15) is 11.1 Å². The molecule has 3 aromatic rings. The van der Waals surface area contributed by atoms with Crippen LogP contribution in [0.25, 0.3) is 23.0 Å². The minimum atomic E-state index is -0.412. The maximum Gasteiger partial charge on any atom is 0.258 e. The molecule has 0 spiro atoms. The van der Waals surface area contributed by atoms with Crippen LogP contribution in [-0.2, 0) is 0 Å². The van der Waals surface area contributed by atoms with Gasteiger partial charge in [0.2, 0.25) is 5.82 Å². The lowest BCUT2D eigenvalue weighted by atomic mass is 10.0. The zero-order valence-corrected chi connectivity index (χ0v) is 11.6. The molecule has 0 aliphatic carbocycles. The molecule has 106 valence electrons. The van der Waals surface area contributed by atoms with Crippen LogP contribution in [0.3, 0.4) is 0 Å². The second kappa shape index (κ2) is 4.97. The molecule has 2 N–H and O–H groups in total. The molecule has 0 saturated carbocycles. The van der Waals surface area contributed by atoms with Crippen LogP contribution in [0.5, 0.6) is 0 Å². The molecule has 0 radical (unpaired) electrons. The standard InChI is InChI=1S/C15H13FN4O/c1-8-5-11(17)6-12(9(8)2)15-19-14(20-21-15)13-4-3-10(16)7-18-13/h3-7H,17H2,1-2H3. The number of aromatic nitrogens is 3. The summed E-state index contributed by atoms with van der Waals surface area (Å²) in [6.45, 7) is 3.93. The Morgan fingerprint density at radius 3 is 2.71 bits per heavy atom. The van der Waals surface area contributed by atoms with Crippen molar-refractivity contribution in [3.63, 3.8) is 0 Å². The third-order valence-electron chi connectivity index (χ3n) is 3.30. The number of anilines is 1. The van der Waals surface area contributed by atoms with E-state index in [9.17, 15) is 4.39 Å². The summed E-state index contributed by atoms with van der Waals surface area (Å²) in [4.78, 5) is 8.23. The summed E-state index contributed by atoms with van der Waals surface area (Å²) < 4.78 is 18.1. The first-order valence-electron chi connectivity index (χ1n) is 6.37. The number of rotatable bonds is 2. The van der Waals surface area contributed by atoms with E-state index in [1.54, 1.807) is 6.07 Å². The van der Waals surface area contributed by atoms with Gasteiger partial charge >= 0.3 is 0 Å². The van der Waals surface area contributed by atoms with Crippen LogP contribution < -0.4 is 5.73 Å². The van der Waals surface area contributed by atoms with Crippen molar-refractivity contribution in [2.45, 2.75) is 13.8 Å². The van der Waals surface area contributed by atoms with E-state index in [1.807, 2.05) is 19.9 Å². The summed E-state index contributed by atoms with van der Waals surface area (Å²) >= 11 is 0. The molecular weight excluding hydrogens is 271 g/mol. The van der Waals surface area contributed by atoms with Crippen molar-refractivity contribution in [3.8, 4) is 23.0 Å². The van der Waals surface area contributed by atoms with Crippen LogP contribution >= 0.6 is 0 Å². The van der Waals surface area contributed by atoms with Crippen LogP contribution in [0, 0.1) is 19.7 Å². The predicted octanol–water partition coefficient (Wildman–Crippen LogP) is 3.14. The SMILES string of the molecule is Cc1cc(N)cc(-c2nc(-c3ccc(F)cn3)no2)c1C. The molecular formula is C15H13FN4O. The molecule has 0 amide bonds. The Morgan fingerprint density at radius 2 is 2.00 bits per heavy atom. The van der Waals surface area contributed by atoms with Gasteiger partial charge in [-0.15, -0.1) is 0 Å². The van der Waals surface area contributed by atoms with Gasteiger partial charge in [0.05, 0.1) is 6.20 Å². The van der Waals surface area contributed by atoms with Crippen LogP contribution in [0.15, 0.2) is 35.0 Å². The third kappa shape index (κ3) is 2.47. The summed E-state index contributed by atoms with van der Waals surface area (Å²) in [7, 11) is 0. The molecule has 6 heteroatoms. The zero-order chi connectivity index (χ0) is 15.0. The lowest BCUT2D eigenvalue weighted by Gasteiger charge is -2.06. The summed E-state index contributed by atoms with van der Waals surface area (Å²) in [5, 5.41) is 3.88. The number of hydrogen-bond donors (Lipinski definition) is 1. The Bertz CT molecular complexity index is 796. The van der Waals surface area contributed by atoms with Crippen molar-refractivity contribution < 1.29 is 8.91 Å². The molecule has 0 aliphatic heterocycles. The number of hydrogen-bond acceptors (Lipinski definition) is 5. The molecule has 2 heterocycles. The molecule has 0 atom stereocenters. The van der Waals surface area contributed by atoms with Crippen molar-refractivity contribution >= 4 is 5.69 Å².